The number of hydrogen-bond acceptors (Lipinski definition) is 7. The molecule has 130 valence electrons. The molecule has 0 aliphatic rings. The van der Waals surface area contributed by atoms with Crippen LogP contribution in [0.15, 0.2) is 28.6 Å². The molecule has 0 saturated carbocycles. The van der Waals surface area contributed by atoms with E-state index in [1.54, 1.807) is 24.3 Å². The number of benzene rings is 1. The third kappa shape index (κ3) is 5.21. The van der Waals surface area contributed by atoms with Gasteiger partial charge in [0, 0.05) is 30.8 Å². The van der Waals surface area contributed by atoms with Crippen molar-refractivity contribution in [1.82, 2.24) is 14.9 Å². The summed E-state index contributed by atoms with van der Waals surface area (Å²) in [7, 11) is -2.22. The standard InChI is InChI=1S/C13H15ClN4O4S2/c1-22-8-2-7-15-24(20,21)13-18-17-12(23-13)16-11(19)9-3-5-10(14)6-4-9/h3-6,15H,2,7-8H2,1H3,(H,16,17,19). The Kier molecular flexibility index (Phi) is 6.63. The van der Waals surface area contributed by atoms with E-state index < -0.39 is 15.9 Å². The van der Waals surface area contributed by atoms with Gasteiger partial charge in [-0.25, -0.2) is 13.1 Å². The Bertz CT molecular complexity index is 793. The molecule has 0 atom stereocenters. The van der Waals surface area contributed by atoms with Gasteiger partial charge in [0.25, 0.3) is 15.9 Å². The highest BCUT2D eigenvalue weighted by atomic mass is 35.5. The number of methoxy groups -OCH3 is 1. The molecular weight excluding hydrogens is 376 g/mol. The van der Waals surface area contributed by atoms with Crippen LogP contribution >= 0.6 is 22.9 Å². The second-order valence-electron chi connectivity index (χ2n) is 4.58. The molecule has 0 aliphatic heterocycles. The van der Waals surface area contributed by atoms with Gasteiger partial charge in [-0.3, -0.25) is 10.1 Å². The number of sulfonamides is 1. The maximum atomic E-state index is 12.0. The summed E-state index contributed by atoms with van der Waals surface area (Å²) in [6.07, 6.45) is 0.536. The fourth-order valence-corrected chi connectivity index (χ4v) is 3.76. The third-order valence-corrected chi connectivity index (χ3v) is 5.70. The molecule has 1 heterocycles. The van der Waals surface area contributed by atoms with Gasteiger partial charge in [0.2, 0.25) is 9.47 Å². The summed E-state index contributed by atoms with van der Waals surface area (Å²) in [6, 6.07) is 6.26. The monoisotopic (exact) mass is 390 g/mol. The van der Waals surface area contributed by atoms with Crippen molar-refractivity contribution < 1.29 is 17.9 Å². The van der Waals surface area contributed by atoms with Crippen LogP contribution in [0, 0.1) is 0 Å². The van der Waals surface area contributed by atoms with E-state index in [-0.39, 0.29) is 16.0 Å². The van der Waals surface area contributed by atoms with Gasteiger partial charge < -0.3 is 4.74 Å². The number of halogens is 1. The Hall–Kier alpha value is -1.59. The minimum atomic E-state index is -3.76. The molecule has 0 spiro atoms. The van der Waals surface area contributed by atoms with Gasteiger partial charge in [-0.1, -0.05) is 22.9 Å². The molecule has 8 nitrogen and oxygen atoms in total. The van der Waals surface area contributed by atoms with Crippen LogP contribution in [-0.4, -0.2) is 44.8 Å². The highest BCUT2D eigenvalue weighted by Crippen LogP contribution is 2.20. The molecule has 0 saturated heterocycles. The third-order valence-electron chi connectivity index (χ3n) is 2.78. The Morgan fingerprint density at radius 3 is 2.67 bits per heavy atom. The largest absolute Gasteiger partial charge is 0.385 e. The van der Waals surface area contributed by atoms with Gasteiger partial charge in [0.05, 0.1) is 0 Å². The van der Waals surface area contributed by atoms with E-state index >= 15 is 0 Å². The first-order valence-corrected chi connectivity index (χ1v) is 9.49. The van der Waals surface area contributed by atoms with E-state index in [1.165, 1.54) is 7.11 Å². The SMILES string of the molecule is COCCCNS(=O)(=O)c1nnc(NC(=O)c2ccc(Cl)cc2)s1. The molecule has 0 radical (unpaired) electrons. The van der Waals surface area contributed by atoms with Crippen molar-refractivity contribution >= 4 is 44.0 Å². The maximum Gasteiger partial charge on any atom is 0.269 e. The second-order valence-corrected chi connectivity index (χ2v) is 7.93. The lowest BCUT2D eigenvalue weighted by atomic mass is 10.2. The van der Waals surface area contributed by atoms with Crippen LogP contribution in [0.4, 0.5) is 5.13 Å². The van der Waals surface area contributed by atoms with Crippen LogP contribution in [0.1, 0.15) is 16.8 Å². The number of hydrogen-bond donors (Lipinski definition) is 2. The molecule has 0 unspecified atom stereocenters. The Labute approximate surface area is 148 Å². The highest BCUT2D eigenvalue weighted by molar-refractivity contribution is 7.91. The molecular formula is C13H15ClN4O4S2. The molecule has 2 N–H and O–H groups in total. The Balaban J connectivity index is 1.99. The van der Waals surface area contributed by atoms with Gasteiger partial charge in [-0.05, 0) is 30.7 Å². The van der Waals surface area contributed by atoms with Gasteiger partial charge in [0.15, 0.2) is 0 Å². The molecule has 2 rings (SSSR count). The number of carbonyl (C=O) groups excluding carboxylic acids is 1. The van der Waals surface area contributed by atoms with Gasteiger partial charge in [-0.15, -0.1) is 10.2 Å². The number of anilines is 1. The van der Waals surface area contributed by atoms with E-state index in [1.807, 2.05) is 0 Å². The van der Waals surface area contributed by atoms with Crippen LogP contribution in [0.3, 0.4) is 0 Å². The summed E-state index contributed by atoms with van der Waals surface area (Å²) in [4.78, 5) is 12.0. The lowest BCUT2D eigenvalue weighted by molar-refractivity contribution is 0.102. The van der Waals surface area contributed by atoms with Crippen molar-refractivity contribution in [3.63, 3.8) is 0 Å². The molecule has 0 aliphatic carbocycles. The minimum absolute atomic E-state index is 0.0900. The van der Waals surface area contributed by atoms with Crippen molar-refractivity contribution in [2.24, 2.45) is 0 Å². The lowest BCUT2D eigenvalue weighted by Crippen LogP contribution is -2.25. The molecule has 1 aromatic heterocycles. The van der Waals surface area contributed by atoms with Crippen molar-refractivity contribution in [2.45, 2.75) is 10.8 Å². The number of nitrogens with zero attached hydrogens (tertiary/aromatic N) is 2. The number of rotatable bonds is 8. The molecule has 1 amide bonds. The van der Waals surface area contributed by atoms with Crippen LogP contribution in [-0.2, 0) is 14.8 Å². The average Bonchev–Trinajstić information content (AvgIpc) is 3.01. The second kappa shape index (κ2) is 8.49. The fourth-order valence-electron chi connectivity index (χ4n) is 1.62. The maximum absolute atomic E-state index is 12.0. The normalized spacial score (nSPS) is 11.4. The van der Waals surface area contributed by atoms with E-state index in [0.717, 1.165) is 11.3 Å². The number of carbonyl (C=O) groups is 1. The quantitative estimate of drug-likeness (QED) is 0.525. The summed E-state index contributed by atoms with van der Waals surface area (Å²) in [5.74, 6) is -0.431. The highest BCUT2D eigenvalue weighted by Gasteiger charge is 2.20. The van der Waals surface area contributed by atoms with Crippen LogP contribution < -0.4 is 10.0 Å². The topological polar surface area (TPSA) is 110 Å². The predicted octanol–water partition coefficient (Wildman–Crippen LogP) is 1.76. The first-order valence-electron chi connectivity index (χ1n) is 6.81. The van der Waals surface area contributed by atoms with Crippen molar-refractivity contribution in [3.8, 4) is 0 Å². The Morgan fingerprint density at radius 2 is 2.00 bits per heavy atom. The minimum Gasteiger partial charge on any atom is -0.385 e. The zero-order valence-electron chi connectivity index (χ0n) is 12.7. The molecule has 2 aromatic rings. The fraction of sp³-hybridized carbons (Fsp3) is 0.308. The van der Waals surface area contributed by atoms with E-state index in [2.05, 4.69) is 20.2 Å². The number of ether oxygens (including phenoxy) is 1. The van der Waals surface area contributed by atoms with Crippen LogP contribution in [0.5, 0.6) is 0 Å². The summed E-state index contributed by atoms with van der Waals surface area (Å²) in [5.41, 5.74) is 0.372. The molecule has 24 heavy (non-hydrogen) atoms. The van der Waals surface area contributed by atoms with Crippen LogP contribution in [0.25, 0.3) is 0 Å². The number of aromatic nitrogens is 2. The zero-order valence-corrected chi connectivity index (χ0v) is 15.0. The molecule has 1 aromatic carbocycles. The van der Waals surface area contributed by atoms with Crippen molar-refractivity contribution in [3.05, 3.63) is 34.9 Å². The smallest absolute Gasteiger partial charge is 0.269 e. The zero-order chi connectivity index (χ0) is 17.6. The van der Waals surface area contributed by atoms with Crippen molar-refractivity contribution in [2.75, 3.05) is 25.6 Å². The predicted molar refractivity (Wildman–Crippen MR) is 91.0 cm³/mol. The van der Waals surface area contributed by atoms with E-state index in [9.17, 15) is 13.2 Å². The molecule has 0 bridgehead atoms. The summed E-state index contributed by atoms with van der Waals surface area (Å²) < 4.78 is 31.1. The van der Waals surface area contributed by atoms with Gasteiger partial charge in [-0.2, -0.15) is 0 Å². The van der Waals surface area contributed by atoms with Crippen LogP contribution in [0.2, 0.25) is 5.02 Å². The first-order chi connectivity index (χ1) is 11.4. The Morgan fingerprint density at radius 1 is 1.29 bits per heavy atom. The van der Waals surface area contributed by atoms with Crippen molar-refractivity contribution in [1.29, 1.82) is 0 Å². The average molecular weight is 391 g/mol. The summed E-state index contributed by atoms with van der Waals surface area (Å²) in [6.45, 7) is 0.670. The number of nitrogens with one attached hydrogen (secondary N) is 2. The van der Waals surface area contributed by atoms with Gasteiger partial charge >= 0.3 is 0 Å². The number of amides is 1. The summed E-state index contributed by atoms with van der Waals surface area (Å²) in [5, 5.41) is 10.4. The molecule has 0 fully saturated rings. The van der Waals surface area contributed by atoms with E-state index in [0.29, 0.717) is 23.6 Å². The lowest BCUT2D eigenvalue weighted by Gasteiger charge is -2.02. The van der Waals surface area contributed by atoms with Gasteiger partial charge in [0.1, 0.15) is 0 Å². The first kappa shape index (κ1) is 18.7. The molecule has 11 heteroatoms. The summed E-state index contributed by atoms with van der Waals surface area (Å²) >= 11 is 6.53. The van der Waals surface area contributed by atoms with E-state index in [4.69, 9.17) is 16.3 Å².